The van der Waals surface area contributed by atoms with Crippen LogP contribution < -0.4 is 0 Å². The van der Waals surface area contributed by atoms with Crippen LogP contribution in [0.2, 0.25) is 5.02 Å². The van der Waals surface area contributed by atoms with Crippen LogP contribution in [-0.4, -0.2) is 6.29 Å². The largest absolute Gasteiger partial charge is 0.303 e. The molecule has 0 fully saturated rings. The van der Waals surface area contributed by atoms with Crippen LogP contribution in [0.4, 0.5) is 0 Å². The van der Waals surface area contributed by atoms with Gasteiger partial charge in [-0.3, -0.25) is 0 Å². The van der Waals surface area contributed by atoms with Crippen molar-refractivity contribution in [2.75, 3.05) is 0 Å². The Morgan fingerprint density at radius 3 is 2.60 bits per heavy atom. The second-order valence-corrected chi connectivity index (χ2v) is 2.23. The predicted molar refractivity (Wildman–Crippen MR) is 40.9 cm³/mol. The number of carbonyl (C=O) groups excluding carboxylic acids is 1. The first-order valence-electron chi connectivity index (χ1n) is 2.87. The number of rotatable bonds is 2. The monoisotopic (exact) mass is 153 g/mol. The average molecular weight is 154 g/mol. The van der Waals surface area contributed by atoms with Gasteiger partial charge in [0.15, 0.2) is 0 Å². The first-order chi connectivity index (χ1) is 4.84. The van der Waals surface area contributed by atoms with Crippen LogP contribution in [0, 0.1) is 6.42 Å². The van der Waals surface area contributed by atoms with E-state index in [1.54, 1.807) is 12.1 Å². The molecule has 0 heterocycles. The number of benzene rings is 1. The number of aldehydes is 1. The summed E-state index contributed by atoms with van der Waals surface area (Å²) in [6, 6.07) is 7.19. The summed E-state index contributed by atoms with van der Waals surface area (Å²) in [5.74, 6) is 0. The second-order valence-electron chi connectivity index (χ2n) is 1.82. The summed E-state index contributed by atoms with van der Waals surface area (Å²) in [7, 11) is 0. The maximum Gasteiger partial charge on any atom is 0.128 e. The minimum absolute atomic E-state index is 0.606. The summed E-state index contributed by atoms with van der Waals surface area (Å²) in [4.78, 5) is 10.0. The van der Waals surface area contributed by atoms with Gasteiger partial charge >= 0.3 is 0 Å². The predicted octanol–water partition coefficient (Wildman–Crippen LogP) is 2.09. The maximum absolute atomic E-state index is 10.0. The molecule has 0 bridgehead atoms. The van der Waals surface area contributed by atoms with E-state index in [-0.39, 0.29) is 0 Å². The highest BCUT2D eigenvalue weighted by Gasteiger charge is 1.95. The normalized spacial score (nSPS) is 9.30. The number of carbonyl (C=O) groups is 1. The SMILES string of the molecule is O=C[CH]c1ccccc1Cl. The van der Waals surface area contributed by atoms with Gasteiger partial charge in [0.2, 0.25) is 0 Å². The lowest BCUT2D eigenvalue weighted by molar-refractivity contribution is -0.104. The van der Waals surface area contributed by atoms with Crippen LogP contribution >= 0.6 is 11.6 Å². The Balaban J connectivity index is 2.91. The number of hydrogen-bond acceptors (Lipinski definition) is 1. The maximum atomic E-state index is 10.0. The standard InChI is InChI=1S/C8H6ClO/c9-8-4-2-1-3-7(8)5-6-10/h1-6H. The molecular weight excluding hydrogens is 148 g/mol. The molecule has 0 saturated carbocycles. The molecule has 1 rings (SSSR count). The molecule has 2 heteroatoms. The van der Waals surface area contributed by atoms with Gasteiger partial charge in [-0.25, -0.2) is 0 Å². The van der Waals surface area contributed by atoms with Gasteiger partial charge in [-0.05, 0) is 11.6 Å². The molecule has 0 unspecified atom stereocenters. The van der Waals surface area contributed by atoms with E-state index < -0.39 is 0 Å². The van der Waals surface area contributed by atoms with E-state index in [0.717, 1.165) is 11.8 Å². The fourth-order valence-corrected chi connectivity index (χ4v) is 0.882. The van der Waals surface area contributed by atoms with Gasteiger partial charge in [0.05, 0.1) is 6.42 Å². The van der Waals surface area contributed by atoms with Crippen molar-refractivity contribution in [2.24, 2.45) is 0 Å². The zero-order valence-corrected chi connectivity index (χ0v) is 6.01. The molecule has 51 valence electrons. The van der Waals surface area contributed by atoms with Crippen molar-refractivity contribution >= 4 is 17.9 Å². The fourth-order valence-electron chi connectivity index (χ4n) is 0.684. The van der Waals surface area contributed by atoms with E-state index in [1.807, 2.05) is 12.1 Å². The van der Waals surface area contributed by atoms with Crippen LogP contribution in [-0.2, 0) is 4.79 Å². The van der Waals surface area contributed by atoms with E-state index in [2.05, 4.69) is 0 Å². The molecule has 0 atom stereocenters. The molecule has 1 radical (unpaired) electrons. The molecule has 0 saturated heterocycles. The van der Waals surface area contributed by atoms with E-state index in [1.165, 1.54) is 6.42 Å². The van der Waals surface area contributed by atoms with Crippen molar-refractivity contribution in [2.45, 2.75) is 0 Å². The number of hydrogen-bond donors (Lipinski definition) is 0. The Morgan fingerprint density at radius 2 is 2.00 bits per heavy atom. The van der Waals surface area contributed by atoms with E-state index in [4.69, 9.17) is 11.6 Å². The topological polar surface area (TPSA) is 17.1 Å². The summed E-state index contributed by atoms with van der Waals surface area (Å²) in [5.41, 5.74) is 0.763. The van der Waals surface area contributed by atoms with Gasteiger partial charge in [0, 0.05) is 5.02 Å². The second kappa shape index (κ2) is 3.37. The molecular formula is C8H6ClO. The molecule has 0 aliphatic heterocycles. The Labute approximate surface area is 64.6 Å². The first kappa shape index (κ1) is 7.29. The highest BCUT2D eigenvalue weighted by atomic mass is 35.5. The number of halogens is 1. The smallest absolute Gasteiger partial charge is 0.128 e. The molecule has 10 heavy (non-hydrogen) atoms. The van der Waals surface area contributed by atoms with Crippen molar-refractivity contribution < 1.29 is 4.79 Å². The summed E-state index contributed by atoms with van der Waals surface area (Å²) < 4.78 is 0. The van der Waals surface area contributed by atoms with E-state index >= 15 is 0 Å². The van der Waals surface area contributed by atoms with Crippen molar-refractivity contribution in [3.8, 4) is 0 Å². The summed E-state index contributed by atoms with van der Waals surface area (Å²) in [5, 5.41) is 0.606. The average Bonchev–Trinajstić information content (AvgIpc) is 1.94. The molecule has 0 amide bonds. The van der Waals surface area contributed by atoms with Crippen LogP contribution in [0.15, 0.2) is 24.3 Å². The first-order valence-corrected chi connectivity index (χ1v) is 3.25. The van der Waals surface area contributed by atoms with Crippen molar-refractivity contribution in [1.29, 1.82) is 0 Å². The van der Waals surface area contributed by atoms with Crippen LogP contribution in [0.25, 0.3) is 0 Å². The Kier molecular flexibility index (Phi) is 2.46. The molecule has 1 aromatic rings. The molecule has 0 aromatic heterocycles. The minimum atomic E-state index is 0.606. The van der Waals surface area contributed by atoms with Crippen LogP contribution in [0.3, 0.4) is 0 Å². The minimum Gasteiger partial charge on any atom is -0.303 e. The highest BCUT2D eigenvalue weighted by molar-refractivity contribution is 6.31. The third kappa shape index (κ3) is 1.58. The lowest BCUT2D eigenvalue weighted by atomic mass is 10.2. The summed E-state index contributed by atoms with van der Waals surface area (Å²) >= 11 is 5.71. The Hall–Kier alpha value is -0.820. The molecule has 0 N–H and O–H groups in total. The van der Waals surface area contributed by atoms with Gasteiger partial charge in [-0.2, -0.15) is 0 Å². The van der Waals surface area contributed by atoms with Crippen LogP contribution in [0.1, 0.15) is 5.56 Å². The van der Waals surface area contributed by atoms with Gasteiger partial charge < -0.3 is 4.79 Å². The quantitative estimate of drug-likeness (QED) is 0.595. The third-order valence-corrected chi connectivity index (χ3v) is 1.50. The lowest BCUT2D eigenvalue weighted by Crippen LogP contribution is -1.82. The highest BCUT2D eigenvalue weighted by Crippen LogP contribution is 2.15. The van der Waals surface area contributed by atoms with Gasteiger partial charge in [0.1, 0.15) is 6.29 Å². The Bertz CT molecular complexity index is 232. The molecule has 1 aromatic carbocycles. The van der Waals surface area contributed by atoms with E-state index in [9.17, 15) is 4.79 Å². The van der Waals surface area contributed by atoms with Crippen molar-refractivity contribution in [3.05, 3.63) is 41.3 Å². The van der Waals surface area contributed by atoms with Gasteiger partial charge in [-0.1, -0.05) is 29.8 Å². The van der Waals surface area contributed by atoms with Crippen LogP contribution in [0.5, 0.6) is 0 Å². The zero-order chi connectivity index (χ0) is 7.40. The van der Waals surface area contributed by atoms with Gasteiger partial charge in [-0.15, -0.1) is 0 Å². The molecule has 0 aliphatic carbocycles. The van der Waals surface area contributed by atoms with Gasteiger partial charge in [0.25, 0.3) is 0 Å². The Morgan fingerprint density at radius 1 is 1.30 bits per heavy atom. The zero-order valence-electron chi connectivity index (χ0n) is 5.25. The molecule has 1 nitrogen and oxygen atoms in total. The molecule has 0 spiro atoms. The third-order valence-electron chi connectivity index (χ3n) is 1.15. The summed E-state index contributed by atoms with van der Waals surface area (Å²) in [6.45, 7) is 0. The van der Waals surface area contributed by atoms with E-state index in [0.29, 0.717) is 5.02 Å². The lowest BCUT2D eigenvalue weighted by Gasteiger charge is -1.95. The fraction of sp³-hybridized carbons (Fsp3) is 0. The summed E-state index contributed by atoms with van der Waals surface area (Å²) in [6.07, 6.45) is 2.16. The van der Waals surface area contributed by atoms with Crippen molar-refractivity contribution in [3.63, 3.8) is 0 Å². The van der Waals surface area contributed by atoms with Crippen molar-refractivity contribution in [1.82, 2.24) is 0 Å². The molecule has 0 aliphatic rings.